The molecule has 0 fully saturated rings. The van der Waals surface area contributed by atoms with Crippen molar-refractivity contribution in [3.05, 3.63) is 9.81 Å². The van der Waals surface area contributed by atoms with Crippen LogP contribution in [-0.2, 0) is 9.53 Å². The predicted molar refractivity (Wildman–Crippen MR) is 64.3 cm³/mol. The quantitative estimate of drug-likeness (QED) is 0.714. The lowest BCUT2D eigenvalue weighted by molar-refractivity contribution is -0.115. The zero-order chi connectivity index (χ0) is 11.1. The predicted octanol–water partition coefficient (Wildman–Crippen LogP) is 1.83. The number of rotatable bonds is 6. The molecule has 0 saturated heterocycles. The fraction of sp³-hybridized carbons (Fsp3) is 0.667. The van der Waals surface area contributed by atoms with Gasteiger partial charge in [0.1, 0.15) is 0 Å². The first-order chi connectivity index (χ1) is 6.58. The van der Waals surface area contributed by atoms with Gasteiger partial charge in [-0.2, -0.15) is 0 Å². The summed E-state index contributed by atoms with van der Waals surface area (Å²) in [6.45, 7) is 4.32. The van der Waals surface area contributed by atoms with Gasteiger partial charge in [-0.25, -0.2) is 0 Å². The van der Waals surface area contributed by atoms with Crippen LogP contribution in [0.25, 0.3) is 0 Å². The number of hydrogen-bond donors (Lipinski definition) is 1. The molecule has 1 atom stereocenters. The molecule has 2 N–H and O–H groups in total. The van der Waals surface area contributed by atoms with Crippen LogP contribution in [0.1, 0.15) is 13.8 Å². The fourth-order valence-electron chi connectivity index (χ4n) is 1.10. The second kappa shape index (κ2) is 7.20. The molecule has 14 heavy (non-hydrogen) atoms. The van der Waals surface area contributed by atoms with Crippen molar-refractivity contribution in [2.45, 2.75) is 20.0 Å². The first-order valence-corrected chi connectivity index (χ1v) is 6.76. The Kier molecular flexibility index (Phi) is 7.13. The average Bonchev–Trinajstić information content (AvgIpc) is 2.13. The monoisotopic (exact) mass is 235 g/mol. The highest BCUT2D eigenvalue weighted by atomic mass is 32.2. The Labute approximate surface area is 93.8 Å². The lowest BCUT2D eigenvalue weighted by Gasteiger charge is -2.16. The number of amides is 1. The maximum absolute atomic E-state index is 11.2. The Balaban J connectivity index is 4.90. The lowest BCUT2D eigenvalue weighted by atomic mass is 10.2. The van der Waals surface area contributed by atoms with Gasteiger partial charge in [0.25, 0.3) is 0 Å². The number of hydrogen-bond acceptors (Lipinski definition) is 4. The Bertz CT molecular complexity index is 223. The Hall–Kier alpha value is -0.130. The molecule has 1 amide bonds. The lowest BCUT2D eigenvalue weighted by Crippen LogP contribution is -2.25. The van der Waals surface area contributed by atoms with Crippen LogP contribution in [0.15, 0.2) is 9.81 Å². The van der Waals surface area contributed by atoms with Gasteiger partial charge in [-0.3, -0.25) is 4.79 Å². The molecule has 0 aliphatic heterocycles. The molecule has 0 saturated carbocycles. The van der Waals surface area contributed by atoms with E-state index in [-0.39, 0.29) is 6.10 Å². The third kappa shape index (κ3) is 3.94. The van der Waals surface area contributed by atoms with Crippen molar-refractivity contribution in [2.75, 3.05) is 19.1 Å². The molecule has 0 bridgehead atoms. The third-order valence-corrected chi connectivity index (χ3v) is 3.86. The van der Waals surface area contributed by atoms with Crippen molar-refractivity contribution in [3.8, 4) is 0 Å². The van der Waals surface area contributed by atoms with Crippen LogP contribution >= 0.6 is 23.5 Å². The third-order valence-electron chi connectivity index (χ3n) is 1.68. The molecule has 0 aromatic carbocycles. The van der Waals surface area contributed by atoms with Crippen molar-refractivity contribution in [2.24, 2.45) is 5.73 Å². The molecule has 0 aliphatic rings. The number of thioether (sulfide) groups is 2. The van der Waals surface area contributed by atoms with Gasteiger partial charge in [0.05, 0.1) is 15.9 Å². The summed E-state index contributed by atoms with van der Waals surface area (Å²) in [5, 5.41) is 0. The highest BCUT2D eigenvalue weighted by Crippen LogP contribution is 2.29. The second-order valence-corrected chi connectivity index (χ2v) is 4.46. The van der Waals surface area contributed by atoms with Crippen molar-refractivity contribution < 1.29 is 9.53 Å². The largest absolute Gasteiger partial charge is 0.374 e. The molecular weight excluding hydrogens is 218 g/mol. The summed E-state index contributed by atoms with van der Waals surface area (Å²) in [6.07, 6.45) is 3.62. The Morgan fingerprint density at radius 1 is 1.43 bits per heavy atom. The van der Waals surface area contributed by atoms with Crippen LogP contribution < -0.4 is 5.73 Å². The van der Waals surface area contributed by atoms with E-state index >= 15 is 0 Å². The van der Waals surface area contributed by atoms with Gasteiger partial charge in [0.2, 0.25) is 5.91 Å². The minimum Gasteiger partial charge on any atom is -0.374 e. The van der Waals surface area contributed by atoms with Crippen LogP contribution in [-0.4, -0.2) is 31.1 Å². The van der Waals surface area contributed by atoms with Gasteiger partial charge in [-0.1, -0.05) is 0 Å². The maximum atomic E-state index is 11.2. The molecular formula is C9H17NO2S2. The Morgan fingerprint density at radius 2 is 1.93 bits per heavy atom. The summed E-state index contributed by atoms with van der Waals surface area (Å²) in [5.41, 5.74) is 5.89. The standard InChI is InChI=1S/C9H17NO2S2/c1-5-12-6(2)7(8(10)11)9(13-3)14-4/h6H,5H2,1-4H3,(H2,10,11)/t6-/m1/s1. The SMILES string of the molecule is CCO[C@H](C)C(C(N)=O)=C(SC)SC. The van der Waals surface area contributed by atoms with E-state index in [1.54, 1.807) is 0 Å². The highest BCUT2D eigenvalue weighted by Gasteiger charge is 2.19. The molecule has 0 heterocycles. The van der Waals surface area contributed by atoms with E-state index in [4.69, 9.17) is 10.5 Å². The molecule has 5 heteroatoms. The van der Waals surface area contributed by atoms with E-state index in [1.165, 1.54) is 23.5 Å². The smallest absolute Gasteiger partial charge is 0.248 e. The summed E-state index contributed by atoms with van der Waals surface area (Å²) in [4.78, 5) is 11.2. The number of carbonyl (C=O) groups is 1. The Morgan fingerprint density at radius 3 is 2.21 bits per heavy atom. The van der Waals surface area contributed by atoms with E-state index < -0.39 is 5.91 Å². The first-order valence-electron chi connectivity index (χ1n) is 4.32. The summed E-state index contributed by atoms with van der Waals surface area (Å²) in [7, 11) is 0. The number of primary amides is 1. The average molecular weight is 235 g/mol. The van der Waals surface area contributed by atoms with Crippen LogP contribution in [0.4, 0.5) is 0 Å². The topological polar surface area (TPSA) is 52.3 Å². The van der Waals surface area contributed by atoms with Crippen molar-refractivity contribution in [1.82, 2.24) is 0 Å². The minimum absolute atomic E-state index is 0.229. The molecule has 0 aromatic heterocycles. The maximum Gasteiger partial charge on any atom is 0.248 e. The molecule has 82 valence electrons. The van der Waals surface area contributed by atoms with Gasteiger partial charge < -0.3 is 10.5 Å². The summed E-state index contributed by atoms with van der Waals surface area (Å²) in [6, 6.07) is 0. The van der Waals surface area contributed by atoms with Gasteiger partial charge >= 0.3 is 0 Å². The van der Waals surface area contributed by atoms with E-state index in [0.29, 0.717) is 12.2 Å². The molecule has 0 spiro atoms. The zero-order valence-electron chi connectivity index (χ0n) is 8.99. The number of nitrogens with two attached hydrogens (primary N) is 1. The van der Waals surface area contributed by atoms with Gasteiger partial charge in [0, 0.05) is 6.61 Å². The molecule has 3 nitrogen and oxygen atoms in total. The first kappa shape index (κ1) is 13.9. The van der Waals surface area contributed by atoms with Gasteiger partial charge in [-0.05, 0) is 26.4 Å². The van der Waals surface area contributed by atoms with E-state index in [2.05, 4.69) is 0 Å². The molecule has 0 rings (SSSR count). The van der Waals surface area contributed by atoms with Crippen LogP contribution in [0.3, 0.4) is 0 Å². The normalized spacial score (nSPS) is 12.3. The zero-order valence-corrected chi connectivity index (χ0v) is 10.6. The fourth-order valence-corrected chi connectivity index (χ4v) is 2.74. The summed E-state index contributed by atoms with van der Waals surface area (Å²) < 4.78 is 6.29. The minimum atomic E-state index is -0.398. The number of ether oxygens (including phenoxy) is 1. The van der Waals surface area contributed by atoms with Gasteiger partial charge in [0.15, 0.2) is 0 Å². The summed E-state index contributed by atoms with van der Waals surface area (Å²) in [5.74, 6) is -0.398. The highest BCUT2D eigenvalue weighted by molar-refractivity contribution is 8.21. The van der Waals surface area contributed by atoms with Crippen LogP contribution in [0, 0.1) is 0 Å². The second-order valence-electron chi connectivity index (χ2n) is 2.57. The summed E-state index contributed by atoms with van der Waals surface area (Å²) >= 11 is 3.04. The number of carbonyl (C=O) groups excluding carboxylic acids is 1. The molecule has 0 unspecified atom stereocenters. The van der Waals surface area contributed by atoms with Crippen LogP contribution in [0.5, 0.6) is 0 Å². The van der Waals surface area contributed by atoms with E-state index in [9.17, 15) is 4.79 Å². The molecule has 0 aromatic rings. The van der Waals surface area contributed by atoms with E-state index in [1.807, 2.05) is 26.4 Å². The van der Waals surface area contributed by atoms with Crippen molar-refractivity contribution >= 4 is 29.4 Å². The van der Waals surface area contributed by atoms with Crippen LogP contribution in [0.2, 0.25) is 0 Å². The molecule has 0 aliphatic carbocycles. The van der Waals surface area contributed by atoms with Crippen molar-refractivity contribution in [1.29, 1.82) is 0 Å². The van der Waals surface area contributed by atoms with E-state index in [0.717, 1.165) is 4.24 Å². The molecule has 0 radical (unpaired) electrons. The van der Waals surface area contributed by atoms with Gasteiger partial charge in [-0.15, -0.1) is 23.5 Å². The van der Waals surface area contributed by atoms with Crippen molar-refractivity contribution in [3.63, 3.8) is 0 Å².